The number of ether oxygens (including phenoxy) is 1. The van der Waals surface area contributed by atoms with E-state index in [0.29, 0.717) is 5.69 Å². The van der Waals surface area contributed by atoms with Crippen molar-refractivity contribution >= 4 is 21.7 Å². The zero-order valence-electron chi connectivity index (χ0n) is 13.6. The number of anilines is 1. The highest BCUT2D eigenvalue weighted by Gasteiger charge is 2.27. The fourth-order valence-corrected chi connectivity index (χ4v) is 3.56. The number of esters is 1. The molecule has 0 radical (unpaired) electrons. The van der Waals surface area contributed by atoms with Gasteiger partial charge in [0.15, 0.2) is 0 Å². The Morgan fingerprint density at radius 1 is 1.17 bits per heavy atom. The fraction of sp³-hybridized carbons (Fsp3) is 0.235. The smallest absolute Gasteiger partial charge is 0.321 e. The van der Waals surface area contributed by atoms with Crippen molar-refractivity contribution in [3.8, 4) is 0 Å². The second-order valence-corrected chi connectivity index (χ2v) is 7.29. The highest BCUT2D eigenvalue weighted by atomic mass is 32.2. The maximum absolute atomic E-state index is 12.9. The van der Waals surface area contributed by atoms with Crippen molar-refractivity contribution in [1.29, 1.82) is 0 Å². The average molecular weight is 348 g/mol. The summed E-state index contributed by atoms with van der Waals surface area (Å²) < 4.78 is 31.5. The minimum Gasteiger partial charge on any atom is -0.468 e. The van der Waals surface area contributed by atoms with Crippen LogP contribution in [0.4, 0.5) is 5.69 Å². The highest BCUT2D eigenvalue weighted by molar-refractivity contribution is 7.89. The van der Waals surface area contributed by atoms with Crippen LogP contribution in [0.15, 0.2) is 53.4 Å². The standard InChI is InChI=1S/C17H20N2O4S/c1-13-8-9-15(10-16(13)18)24(21,22)19(12-17(20)23-2)11-14-6-4-3-5-7-14/h3-10H,11-12,18H2,1-2H3. The minimum atomic E-state index is -3.89. The van der Waals surface area contributed by atoms with E-state index in [9.17, 15) is 13.2 Å². The Hall–Kier alpha value is -2.38. The molecular formula is C17H20N2O4S. The van der Waals surface area contributed by atoms with Gasteiger partial charge in [-0.05, 0) is 30.2 Å². The summed E-state index contributed by atoms with van der Waals surface area (Å²) in [6.45, 7) is 1.48. The Bertz CT molecular complexity index is 820. The first kappa shape index (κ1) is 18.0. The van der Waals surface area contributed by atoms with Gasteiger partial charge in [0.1, 0.15) is 6.54 Å². The Balaban J connectivity index is 2.40. The van der Waals surface area contributed by atoms with Crippen molar-refractivity contribution in [3.05, 3.63) is 59.7 Å². The summed E-state index contributed by atoms with van der Waals surface area (Å²) in [5, 5.41) is 0. The lowest BCUT2D eigenvalue weighted by molar-refractivity contribution is -0.140. The highest BCUT2D eigenvalue weighted by Crippen LogP contribution is 2.22. The third-order valence-corrected chi connectivity index (χ3v) is 5.41. The van der Waals surface area contributed by atoms with Gasteiger partial charge in [-0.15, -0.1) is 0 Å². The molecule has 0 saturated heterocycles. The quantitative estimate of drug-likeness (QED) is 0.636. The van der Waals surface area contributed by atoms with Gasteiger partial charge in [-0.25, -0.2) is 8.42 Å². The number of nitrogens with zero attached hydrogens (tertiary/aromatic N) is 1. The zero-order chi connectivity index (χ0) is 17.7. The summed E-state index contributed by atoms with van der Waals surface area (Å²) >= 11 is 0. The maximum atomic E-state index is 12.9. The zero-order valence-corrected chi connectivity index (χ0v) is 14.4. The van der Waals surface area contributed by atoms with Gasteiger partial charge >= 0.3 is 5.97 Å². The molecule has 2 aromatic rings. The van der Waals surface area contributed by atoms with E-state index in [4.69, 9.17) is 5.73 Å². The van der Waals surface area contributed by atoms with Crippen LogP contribution in [0.2, 0.25) is 0 Å². The van der Waals surface area contributed by atoms with Crippen molar-refractivity contribution < 1.29 is 17.9 Å². The van der Waals surface area contributed by atoms with Crippen LogP contribution in [0.25, 0.3) is 0 Å². The largest absolute Gasteiger partial charge is 0.468 e. The van der Waals surface area contributed by atoms with Crippen LogP contribution >= 0.6 is 0 Å². The number of methoxy groups -OCH3 is 1. The molecule has 0 aliphatic heterocycles. The molecule has 0 atom stereocenters. The van der Waals surface area contributed by atoms with Crippen LogP contribution in [-0.2, 0) is 26.1 Å². The predicted molar refractivity (Wildman–Crippen MR) is 91.6 cm³/mol. The van der Waals surface area contributed by atoms with Gasteiger partial charge in [-0.3, -0.25) is 4.79 Å². The lowest BCUT2D eigenvalue weighted by atomic mass is 10.2. The molecule has 0 amide bonds. The second-order valence-electron chi connectivity index (χ2n) is 5.35. The lowest BCUT2D eigenvalue weighted by Gasteiger charge is -2.21. The molecule has 0 bridgehead atoms. The van der Waals surface area contributed by atoms with E-state index >= 15 is 0 Å². The van der Waals surface area contributed by atoms with Gasteiger partial charge in [-0.2, -0.15) is 4.31 Å². The number of hydrogen-bond donors (Lipinski definition) is 1. The number of carbonyl (C=O) groups is 1. The monoisotopic (exact) mass is 348 g/mol. The third kappa shape index (κ3) is 4.12. The van der Waals surface area contributed by atoms with E-state index in [2.05, 4.69) is 4.74 Å². The van der Waals surface area contributed by atoms with Crippen molar-refractivity contribution in [2.24, 2.45) is 0 Å². The van der Waals surface area contributed by atoms with E-state index in [1.54, 1.807) is 25.1 Å². The molecule has 0 fully saturated rings. The van der Waals surface area contributed by atoms with Gasteiger partial charge in [0.05, 0.1) is 12.0 Å². The molecule has 2 rings (SSSR count). The van der Waals surface area contributed by atoms with Gasteiger partial charge in [0, 0.05) is 12.2 Å². The summed E-state index contributed by atoms with van der Waals surface area (Å²) in [6, 6.07) is 13.6. The number of sulfonamides is 1. The lowest BCUT2D eigenvalue weighted by Crippen LogP contribution is -2.35. The first-order valence-corrected chi connectivity index (χ1v) is 8.75. The summed E-state index contributed by atoms with van der Waals surface area (Å²) in [6.07, 6.45) is 0. The average Bonchev–Trinajstić information content (AvgIpc) is 2.57. The molecule has 6 nitrogen and oxygen atoms in total. The van der Waals surface area contributed by atoms with Crippen LogP contribution in [0.1, 0.15) is 11.1 Å². The Morgan fingerprint density at radius 2 is 1.83 bits per heavy atom. The van der Waals surface area contributed by atoms with Gasteiger partial charge < -0.3 is 10.5 Å². The Morgan fingerprint density at radius 3 is 2.42 bits per heavy atom. The molecular weight excluding hydrogens is 328 g/mol. The molecule has 7 heteroatoms. The van der Waals surface area contributed by atoms with Crippen molar-refractivity contribution in [3.63, 3.8) is 0 Å². The van der Waals surface area contributed by atoms with Crippen LogP contribution in [-0.4, -0.2) is 32.3 Å². The van der Waals surface area contributed by atoms with E-state index in [-0.39, 0.29) is 18.0 Å². The number of aryl methyl sites for hydroxylation is 1. The molecule has 0 aromatic heterocycles. The Labute approximate surface area is 141 Å². The van der Waals surface area contributed by atoms with Gasteiger partial charge in [0.25, 0.3) is 0 Å². The van der Waals surface area contributed by atoms with Crippen LogP contribution < -0.4 is 5.73 Å². The van der Waals surface area contributed by atoms with Gasteiger partial charge in [-0.1, -0.05) is 36.4 Å². The van der Waals surface area contributed by atoms with E-state index in [1.807, 2.05) is 18.2 Å². The van der Waals surface area contributed by atoms with E-state index in [1.165, 1.54) is 19.2 Å². The molecule has 24 heavy (non-hydrogen) atoms. The molecule has 0 aliphatic rings. The van der Waals surface area contributed by atoms with E-state index < -0.39 is 16.0 Å². The predicted octanol–water partition coefficient (Wildman–Crippen LogP) is 1.94. The number of nitrogen functional groups attached to an aromatic ring is 1. The SMILES string of the molecule is COC(=O)CN(Cc1ccccc1)S(=O)(=O)c1ccc(C)c(N)c1. The van der Waals surface area contributed by atoms with Crippen molar-refractivity contribution in [2.75, 3.05) is 19.4 Å². The summed E-state index contributed by atoms with van der Waals surface area (Å²) in [4.78, 5) is 11.7. The molecule has 2 aromatic carbocycles. The van der Waals surface area contributed by atoms with Crippen molar-refractivity contribution in [2.45, 2.75) is 18.4 Å². The summed E-state index contributed by atoms with van der Waals surface area (Å²) in [5.41, 5.74) is 7.76. The maximum Gasteiger partial charge on any atom is 0.321 e. The van der Waals surface area contributed by atoms with Crippen LogP contribution in [0.3, 0.4) is 0 Å². The topological polar surface area (TPSA) is 89.7 Å². The molecule has 0 spiro atoms. The second kappa shape index (κ2) is 7.46. The molecule has 0 saturated carbocycles. The number of carbonyl (C=O) groups excluding carboxylic acids is 1. The number of rotatable bonds is 6. The number of hydrogen-bond acceptors (Lipinski definition) is 5. The fourth-order valence-electron chi connectivity index (χ4n) is 2.15. The van der Waals surface area contributed by atoms with Crippen LogP contribution in [0.5, 0.6) is 0 Å². The number of benzene rings is 2. The molecule has 2 N–H and O–H groups in total. The molecule has 0 heterocycles. The first-order chi connectivity index (χ1) is 11.3. The normalized spacial score (nSPS) is 11.5. The molecule has 128 valence electrons. The van der Waals surface area contributed by atoms with Crippen molar-refractivity contribution in [1.82, 2.24) is 4.31 Å². The summed E-state index contributed by atoms with van der Waals surface area (Å²) in [7, 11) is -2.67. The molecule has 0 aliphatic carbocycles. The minimum absolute atomic E-state index is 0.0467. The Kier molecular flexibility index (Phi) is 5.58. The van der Waals surface area contributed by atoms with E-state index in [0.717, 1.165) is 15.4 Å². The van der Waals surface area contributed by atoms with Gasteiger partial charge in [0.2, 0.25) is 10.0 Å². The number of nitrogens with two attached hydrogens (primary N) is 1. The molecule has 0 unspecified atom stereocenters. The first-order valence-electron chi connectivity index (χ1n) is 7.31. The van der Waals surface area contributed by atoms with Crippen LogP contribution in [0, 0.1) is 6.92 Å². The third-order valence-electron chi connectivity index (χ3n) is 3.62. The summed E-state index contributed by atoms with van der Waals surface area (Å²) in [5.74, 6) is -0.630.